The molecule has 0 aliphatic rings. The van der Waals surface area contributed by atoms with Gasteiger partial charge in [0.1, 0.15) is 16.5 Å². The lowest BCUT2D eigenvalue weighted by Crippen LogP contribution is -2.26. The van der Waals surface area contributed by atoms with Gasteiger partial charge in [-0.25, -0.2) is 9.78 Å². The molecule has 0 spiro atoms. The summed E-state index contributed by atoms with van der Waals surface area (Å²) in [6, 6.07) is 11.1. The number of aromatic nitrogens is 1. The minimum Gasteiger partial charge on any atom is -0.497 e. The Kier molecular flexibility index (Phi) is 7.13. The van der Waals surface area contributed by atoms with Gasteiger partial charge >= 0.3 is 16.1 Å². The SMILES string of the molecule is COc1ccc(CNCC(=O)OS(=O)(=O)c2ccc3c(Cl)cnc(NC(=N)N)c3c2)cc1. The first kappa shape index (κ1) is 23.3. The summed E-state index contributed by atoms with van der Waals surface area (Å²) in [5.74, 6) is -0.511. The van der Waals surface area contributed by atoms with Crippen LogP contribution in [-0.4, -0.2) is 39.0 Å². The number of pyridine rings is 1. The number of hydrogen-bond acceptors (Lipinski definition) is 8. The lowest BCUT2D eigenvalue weighted by molar-refractivity contribution is -0.132. The topological polar surface area (TPSA) is 156 Å². The molecule has 10 nitrogen and oxygen atoms in total. The molecule has 12 heteroatoms. The van der Waals surface area contributed by atoms with E-state index in [9.17, 15) is 13.2 Å². The number of guanidine groups is 1. The lowest BCUT2D eigenvalue weighted by atomic mass is 10.1. The van der Waals surface area contributed by atoms with E-state index >= 15 is 0 Å². The Balaban J connectivity index is 1.70. The summed E-state index contributed by atoms with van der Waals surface area (Å²) >= 11 is 6.12. The summed E-state index contributed by atoms with van der Waals surface area (Å²) in [4.78, 5) is 15.8. The van der Waals surface area contributed by atoms with E-state index in [0.29, 0.717) is 23.1 Å². The molecule has 0 atom stereocenters. The van der Waals surface area contributed by atoms with Gasteiger partial charge in [0.25, 0.3) is 0 Å². The van der Waals surface area contributed by atoms with Gasteiger partial charge in [-0.05, 0) is 29.8 Å². The zero-order valence-electron chi connectivity index (χ0n) is 16.9. The van der Waals surface area contributed by atoms with Crippen molar-refractivity contribution in [2.24, 2.45) is 5.73 Å². The molecule has 0 aliphatic heterocycles. The number of ether oxygens (including phenoxy) is 1. The van der Waals surface area contributed by atoms with Crippen LogP contribution in [0.2, 0.25) is 5.02 Å². The highest BCUT2D eigenvalue weighted by Gasteiger charge is 2.21. The normalized spacial score (nSPS) is 11.2. The molecule has 0 radical (unpaired) electrons. The second-order valence-corrected chi connectivity index (χ2v) is 8.52. The first-order valence-electron chi connectivity index (χ1n) is 9.20. The summed E-state index contributed by atoms with van der Waals surface area (Å²) in [5.41, 5.74) is 6.23. The maximum Gasteiger partial charge on any atom is 0.341 e. The highest BCUT2D eigenvalue weighted by atomic mass is 35.5. The second-order valence-electron chi connectivity index (χ2n) is 6.56. The smallest absolute Gasteiger partial charge is 0.341 e. The van der Waals surface area contributed by atoms with Crippen LogP contribution in [0.5, 0.6) is 5.75 Å². The molecule has 0 aliphatic carbocycles. The van der Waals surface area contributed by atoms with Crippen molar-refractivity contribution in [2.75, 3.05) is 19.0 Å². The quantitative estimate of drug-likeness (QED) is 0.217. The van der Waals surface area contributed by atoms with E-state index in [4.69, 9.17) is 31.7 Å². The Hall–Kier alpha value is -3.41. The van der Waals surface area contributed by atoms with Gasteiger partial charge < -0.3 is 25.3 Å². The number of nitrogens with one attached hydrogen (secondary N) is 3. The molecule has 32 heavy (non-hydrogen) atoms. The molecule has 3 rings (SSSR count). The fraction of sp³-hybridized carbons (Fsp3) is 0.150. The Morgan fingerprint density at radius 2 is 1.91 bits per heavy atom. The molecule has 3 aromatic rings. The van der Waals surface area contributed by atoms with Gasteiger partial charge in [0.15, 0.2) is 5.96 Å². The molecule has 0 amide bonds. The van der Waals surface area contributed by atoms with E-state index in [1.807, 2.05) is 12.1 Å². The van der Waals surface area contributed by atoms with E-state index in [-0.39, 0.29) is 28.2 Å². The van der Waals surface area contributed by atoms with Gasteiger partial charge in [-0.2, -0.15) is 8.42 Å². The highest BCUT2D eigenvalue weighted by Crippen LogP contribution is 2.30. The standard InChI is InChI=1S/C20H20ClN5O5S/c1-30-13-4-2-12(3-5-13)9-24-11-18(27)31-32(28,29)14-6-7-15-16(8-14)19(26-20(22)23)25-10-17(15)21/h2-8,10,24H,9,11H2,1H3,(H4,22,23,25,26). The number of halogens is 1. The Morgan fingerprint density at radius 3 is 2.56 bits per heavy atom. The van der Waals surface area contributed by atoms with E-state index < -0.39 is 16.1 Å². The van der Waals surface area contributed by atoms with Gasteiger partial charge in [0, 0.05) is 23.5 Å². The lowest BCUT2D eigenvalue weighted by Gasteiger charge is -2.11. The Morgan fingerprint density at radius 1 is 1.19 bits per heavy atom. The average Bonchev–Trinajstić information content (AvgIpc) is 2.75. The van der Waals surface area contributed by atoms with Crippen LogP contribution >= 0.6 is 11.6 Å². The molecule has 5 N–H and O–H groups in total. The summed E-state index contributed by atoms with van der Waals surface area (Å²) in [7, 11) is -2.84. The van der Waals surface area contributed by atoms with Crippen molar-refractivity contribution >= 4 is 50.2 Å². The van der Waals surface area contributed by atoms with Crippen LogP contribution < -0.4 is 21.1 Å². The third-order valence-electron chi connectivity index (χ3n) is 4.31. The third-order valence-corrected chi connectivity index (χ3v) is 5.85. The van der Waals surface area contributed by atoms with Crippen molar-refractivity contribution < 1.29 is 22.1 Å². The monoisotopic (exact) mass is 477 g/mol. The van der Waals surface area contributed by atoms with Gasteiger partial charge in [0.2, 0.25) is 0 Å². The van der Waals surface area contributed by atoms with Gasteiger partial charge in [0.05, 0.1) is 18.7 Å². The molecular formula is C20H20ClN5O5S. The van der Waals surface area contributed by atoms with Crippen LogP contribution in [0.1, 0.15) is 5.56 Å². The first-order valence-corrected chi connectivity index (χ1v) is 11.0. The number of rotatable bonds is 8. The number of nitrogens with two attached hydrogens (primary N) is 1. The molecule has 2 aromatic carbocycles. The highest BCUT2D eigenvalue weighted by molar-refractivity contribution is 7.87. The van der Waals surface area contributed by atoms with Gasteiger partial charge in [-0.3, -0.25) is 5.41 Å². The largest absolute Gasteiger partial charge is 0.497 e. The predicted octanol–water partition coefficient (Wildman–Crippen LogP) is 2.22. The summed E-state index contributed by atoms with van der Waals surface area (Å²) in [6.45, 7) is 0.0166. The molecule has 0 saturated heterocycles. The molecular weight excluding hydrogens is 458 g/mol. The fourth-order valence-corrected chi connectivity index (χ4v) is 3.93. The molecule has 1 heterocycles. The number of carbonyl (C=O) groups is 1. The first-order chi connectivity index (χ1) is 15.2. The van der Waals surface area contributed by atoms with Gasteiger partial charge in [-0.1, -0.05) is 29.8 Å². The van der Waals surface area contributed by atoms with Crippen LogP contribution in [0.15, 0.2) is 53.6 Å². The van der Waals surface area contributed by atoms with Crippen molar-refractivity contribution in [1.29, 1.82) is 5.41 Å². The zero-order chi connectivity index (χ0) is 23.3. The molecule has 0 saturated carbocycles. The van der Waals surface area contributed by atoms with Crippen LogP contribution in [0, 0.1) is 5.41 Å². The average molecular weight is 478 g/mol. The van der Waals surface area contributed by atoms with E-state index in [1.165, 1.54) is 24.4 Å². The maximum absolute atomic E-state index is 12.6. The number of benzene rings is 2. The van der Waals surface area contributed by atoms with Crippen LogP contribution in [0.3, 0.4) is 0 Å². The summed E-state index contributed by atoms with van der Waals surface area (Å²) < 4.78 is 34.9. The minimum atomic E-state index is -4.40. The number of anilines is 1. The molecule has 0 bridgehead atoms. The molecule has 1 aromatic heterocycles. The Labute approximate surface area is 189 Å². The number of nitrogens with zero attached hydrogens (tertiary/aromatic N) is 1. The van der Waals surface area contributed by atoms with Crippen molar-refractivity contribution in [3.63, 3.8) is 0 Å². The maximum atomic E-state index is 12.6. The molecule has 0 unspecified atom stereocenters. The van der Waals surface area contributed by atoms with Crippen molar-refractivity contribution in [2.45, 2.75) is 11.4 Å². The fourth-order valence-electron chi connectivity index (χ4n) is 2.82. The number of methoxy groups -OCH3 is 1. The van der Waals surface area contributed by atoms with E-state index in [0.717, 1.165) is 5.56 Å². The summed E-state index contributed by atoms with van der Waals surface area (Å²) in [6.07, 6.45) is 1.35. The van der Waals surface area contributed by atoms with E-state index in [1.54, 1.807) is 19.2 Å². The predicted molar refractivity (Wildman–Crippen MR) is 120 cm³/mol. The molecule has 168 valence electrons. The Bertz CT molecular complexity index is 1270. The second kappa shape index (κ2) is 9.81. The molecule has 0 fully saturated rings. The van der Waals surface area contributed by atoms with Crippen LogP contribution in [0.25, 0.3) is 10.8 Å². The van der Waals surface area contributed by atoms with Crippen molar-refractivity contribution in [3.05, 3.63) is 59.2 Å². The number of fused-ring (bicyclic) bond motifs is 1. The summed E-state index contributed by atoms with van der Waals surface area (Å²) in [5, 5.41) is 13.8. The minimum absolute atomic E-state index is 0.140. The van der Waals surface area contributed by atoms with Gasteiger partial charge in [-0.15, -0.1) is 0 Å². The zero-order valence-corrected chi connectivity index (χ0v) is 18.5. The van der Waals surface area contributed by atoms with Crippen LogP contribution in [0.4, 0.5) is 5.82 Å². The van der Waals surface area contributed by atoms with Crippen molar-refractivity contribution in [1.82, 2.24) is 10.3 Å². The number of hydrogen-bond donors (Lipinski definition) is 4. The van der Waals surface area contributed by atoms with E-state index in [2.05, 4.69) is 15.6 Å². The third kappa shape index (κ3) is 5.63. The van der Waals surface area contributed by atoms with Crippen LogP contribution in [-0.2, 0) is 25.6 Å². The number of carbonyl (C=O) groups excluding carboxylic acids is 1. The van der Waals surface area contributed by atoms with Crippen molar-refractivity contribution in [3.8, 4) is 5.75 Å².